The first-order valence-electron chi connectivity index (χ1n) is 18.5. The molecule has 12 heteroatoms. The summed E-state index contributed by atoms with van der Waals surface area (Å²) in [5.74, 6) is -3.84. The van der Waals surface area contributed by atoms with E-state index >= 15 is 0 Å². The minimum absolute atomic E-state index is 0.0241. The molecule has 0 radical (unpaired) electrons. The summed E-state index contributed by atoms with van der Waals surface area (Å²) in [7, 11) is 3.57. The number of hydrogen-bond acceptors (Lipinski definition) is 10. The number of anilines is 3. The van der Waals surface area contributed by atoms with Crippen molar-refractivity contribution in [3.8, 4) is 5.75 Å². The lowest BCUT2D eigenvalue weighted by molar-refractivity contribution is -0.190. The second kappa shape index (κ2) is 13.5. The number of esters is 1. The molecular formula is C43H47N3O9. The van der Waals surface area contributed by atoms with Crippen LogP contribution in [0.25, 0.3) is 0 Å². The van der Waals surface area contributed by atoms with Crippen LogP contribution >= 0.6 is 0 Å². The quantitative estimate of drug-likeness (QED) is 0.105. The molecule has 0 aliphatic heterocycles. The summed E-state index contributed by atoms with van der Waals surface area (Å²) in [5, 5.41) is 51.3. The van der Waals surface area contributed by atoms with Gasteiger partial charge in [0.1, 0.15) is 11.9 Å². The van der Waals surface area contributed by atoms with Gasteiger partial charge < -0.3 is 40.7 Å². The van der Waals surface area contributed by atoms with E-state index in [0.717, 1.165) is 0 Å². The molecule has 3 aromatic carbocycles. The maximum Gasteiger partial charge on any atom is 0.340 e. The third-order valence-corrected chi connectivity index (χ3v) is 12.7. The van der Waals surface area contributed by atoms with Crippen molar-refractivity contribution in [2.75, 3.05) is 36.2 Å². The van der Waals surface area contributed by atoms with Crippen molar-refractivity contribution in [3.05, 3.63) is 107 Å². The summed E-state index contributed by atoms with van der Waals surface area (Å²) in [4.78, 5) is 57.9. The van der Waals surface area contributed by atoms with Crippen LogP contribution in [-0.4, -0.2) is 82.5 Å². The fourth-order valence-electron chi connectivity index (χ4n) is 9.82. The molecule has 4 aliphatic rings. The molecule has 6 N–H and O–H groups in total. The maximum atomic E-state index is 14.7. The van der Waals surface area contributed by atoms with Crippen molar-refractivity contribution >= 4 is 40.6 Å². The fourth-order valence-corrected chi connectivity index (χ4v) is 9.82. The Bertz CT molecular complexity index is 2170. The number of carbonyl (C=O) groups is 4. The molecule has 0 heterocycles. The Morgan fingerprint density at radius 1 is 0.927 bits per heavy atom. The topological polar surface area (TPSA) is 186 Å². The molecule has 3 aromatic rings. The van der Waals surface area contributed by atoms with E-state index in [1.807, 2.05) is 6.92 Å². The fraction of sp³-hybridized carbons (Fsp3) is 0.395. The SMILES string of the molecule is CC1=C[C@]23C(=O)[C@@H](C=C(CO)[C@@H](O)[C@]2(O)[C@H]1OC(=O)c1ccccc1NC(=O)c1cccc(O)c1NC(=O)c1ccccc1N(C)C)[C@H]1[C@@H](C[C@H]3C)C1(C)C. The Hall–Kier alpha value is -5.30. The highest BCUT2D eigenvalue weighted by molar-refractivity contribution is 6.16. The lowest BCUT2D eigenvalue weighted by Gasteiger charge is -2.48. The Balaban J connectivity index is 1.18. The molecule has 2 bridgehead atoms. The zero-order valence-corrected chi connectivity index (χ0v) is 31.7. The number of rotatable bonds is 8. The van der Waals surface area contributed by atoms with Crippen molar-refractivity contribution in [2.24, 2.45) is 34.5 Å². The Kier molecular flexibility index (Phi) is 9.30. The number of aliphatic hydroxyl groups excluding tert-OH is 2. The molecule has 1 spiro atoms. The number of ether oxygens (including phenoxy) is 1. The first-order chi connectivity index (χ1) is 26.0. The predicted molar refractivity (Wildman–Crippen MR) is 206 cm³/mol. The van der Waals surface area contributed by atoms with Crippen LogP contribution in [0, 0.1) is 34.5 Å². The second-order valence-corrected chi connectivity index (χ2v) is 16.2. The number of aromatic hydroxyl groups is 1. The molecule has 0 aromatic heterocycles. The smallest absolute Gasteiger partial charge is 0.340 e. The highest BCUT2D eigenvalue weighted by Crippen LogP contribution is 2.71. The summed E-state index contributed by atoms with van der Waals surface area (Å²) in [6.45, 7) is 7.13. The molecule has 288 valence electrons. The minimum atomic E-state index is -2.34. The predicted octanol–water partition coefficient (Wildman–Crippen LogP) is 4.96. The number of allylic oxidation sites excluding steroid dienone is 1. The number of nitrogens with one attached hydrogen (secondary N) is 2. The van der Waals surface area contributed by atoms with Gasteiger partial charge in [0.25, 0.3) is 11.8 Å². The van der Waals surface area contributed by atoms with Gasteiger partial charge in [-0.2, -0.15) is 0 Å². The number of para-hydroxylation sites is 3. The first kappa shape index (κ1) is 38.0. The van der Waals surface area contributed by atoms with E-state index in [1.165, 1.54) is 30.3 Å². The molecule has 2 saturated carbocycles. The van der Waals surface area contributed by atoms with E-state index in [0.29, 0.717) is 23.2 Å². The number of carbonyl (C=O) groups excluding carboxylic acids is 4. The van der Waals surface area contributed by atoms with Crippen molar-refractivity contribution < 1.29 is 44.3 Å². The van der Waals surface area contributed by atoms with Crippen molar-refractivity contribution in [2.45, 2.75) is 51.9 Å². The summed E-state index contributed by atoms with van der Waals surface area (Å²) >= 11 is 0. The van der Waals surface area contributed by atoms with Gasteiger partial charge in [0.05, 0.1) is 40.1 Å². The number of benzene rings is 3. The van der Waals surface area contributed by atoms with E-state index in [4.69, 9.17) is 4.74 Å². The summed E-state index contributed by atoms with van der Waals surface area (Å²) in [5.41, 5.74) is -3.00. The van der Waals surface area contributed by atoms with E-state index in [2.05, 4.69) is 24.5 Å². The van der Waals surface area contributed by atoms with Gasteiger partial charge in [0.15, 0.2) is 17.5 Å². The van der Waals surface area contributed by atoms with Crippen molar-refractivity contribution in [1.82, 2.24) is 0 Å². The third-order valence-electron chi connectivity index (χ3n) is 12.7. The molecule has 8 atom stereocenters. The van der Waals surface area contributed by atoms with Crippen LogP contribution in [0.1, 0.15) is 65.2 Å². The van der Waals surface area contributed by atoms with Crippen LogP contribution in [0.4, 0.5) is 17.1 Å². The molecule has 0 unspecified atom stereocenters. The lowest BCUT2D eigenvalue weighted by atomic mass is 9.59. The number of ketones is 1. The highest BCUT2D eigenvalue weighted by Gasteiger charge is 2.76. The van der Waals surface area contributed by atoms with E-state index in [1.54, 1.807) is 74.5 Å². The van der Waals surface area contributed by atoms with Gasteiger partial charge in [0.2, 0.25) is 0 Å². The van der Waals surface area contributed by atoms with Crippen LogP contribution in [0.2, 0.25) is 0 Å². The minimum Gasteiger partial charge on any atom is -0.506 e. The van der Waals surface area contributed by atoms with Gasteiger partial charge in [-0.25, -0.2) is 4.79 Å². The second-order valence-electron chi connectivity index (χ2n) is 16.2. The van der Waals surface area contributed by atoms with Gasteiger partial charge >= 0.3 is 5.97 Å². The van der Waals surface area contributed by atoms with Gasteiger partial charge in [-0.05, 0) is 84.1 Å². The van der Waals surface area contributed by atoms with Crippen LogP contribution in [-0.2, 0) is 9.53 Å². The number of Topliss-reactive ketones (excluding diaryl/α,β-unsaturated/α-hetero) is 1. The molecule has 7 rings (SSSR count). The van der Waals surface area contributed by atoms with Crippen molar-refractivity contribution in [3.63, 3.8) is 0 Å². The monoisotopic (exact) mass is 749 g/mol. The van der Waals surface area contributed by atoms with Gasteiger partial charge in [0, 0.05) is 25.7 Å². The molecular weight excluding hydrogens is 702 g/mol. The standard InChI is InChI=1S/C43H47N3O9/c1-22-20-42-23(2)18-29-33(41(29,3)4)28(36(42)50)19-24(21-47)35(49)43(42,54)37(22)55-40(53)25-12-7-9-15-30(25)44-39(52)27-14-11-17-32(48)34(27)45-38(51)26-13-8-10-16-31(26)46(5)6/h7-17,19-20,23,28-29,33,35,37,47-49,54H,18,21H2,1-6H3,(H,44,52)(H,45,51)/t23-,28+,29-,33+,35-,37+,42+,43+/m1/s1. The zero-order chi connectivity index (χ0) is 39.8. The van der Waals surface area contributed by atoms with Crippen LogP contribution in [0.5, 0.6) is 5.75 Å². The number of nitrogens with zero attached hydrogens (tertiary/aromatic N) is 1. The number of amides is 2. The molecule has 2 amide bonds. The normalized spacial score (nSPS) is 30.0. The highest BCUT2D eigenvalue weighted by atomic mass is 16.6. The first-order valence-corrected chi connectivity index (χ1v) is 18.5. The number of fused-ring (bicyclic) bond motifs is 3. The van der Waals surface area contributed by atoms with E-state index in [9.17, 15) is 39.6 Å². The summed E-state index contributed by atoms with van der Waals surface area (Å²) in [6, 6.07) is 17.1. The van der Waals surface area contributed by atoms with Gasteiger partial charge in [-0.15, -0.1) is 0 Å². The van der Waals surface area contributed by atoms with Crippen LogP contribution in [0.15, 0.2) is 90.0 Å². The Morgan fingerprint density at radius 3 is 2.25 bits per heavy atom. The van der Waals surface area contributed by atoms with Gasteiger partial charge in [-0.1, -0.05) is 63.3 Å². The van der Waals surface area contributed by atoms with Gasteiger partial charge in [-0.3, -0.25) is 14.4 Å². The molecule has 12 nitrogen and oxygen atoms in total. The average molecular weight is 750 g/mol. The third kappa shape index (κ3) is 5.68. The molecule has 2 fully saturated rings. The van der Waals surface area contributed by atoms with E-state index < -0.39 is 59.5 Å². The summed E-state index contributed by atoms with van der Waals surface area (Å²) < 4.78 is 6.08. The average Bonchev–Trinajstić information content (AvgIpc) is 3.65. The molecule has 55 heavy (non-hydrogen) atoms. The van der Waals surface area contributed by atoms with Crippen LogP contribution < -0.4 is 15.5 Å². The van der Waals surface area contributed by atoms with E-state index in [-0.39, 0.29) is 56.9 Å². The molecule has 4 aliphatic carbocycles. The number of hydrogen-bond donors (Lipinski definition) is 6. The zero-order valence-electron chi connectivity index (χ0n) is 31.7. The lowest BCUT2D eigenvalue weighted by Crippen LogP contribution is -2.65. The maximum absolute atomic E-state index is 14.7. The molecule has 0 saturated heterocycles. The largest absolute Gasteiger partial charge is 0.506 e. The number of aliphatic hydroxyl groups is 3. The Morgan fingerprint density at radius 2 is 1.56 bits per heavy atom. The number of phenolic OH excluding ortho intramolecular Hbond substituents is 1. The van der Waals surface area contributed by atoms with Crippen LogP contribution in [0.3, 0.4) is 0 Å². The Labute approximate surface area is 319 Å². The van der Waals surface area contributed by atoms with Crippen molar-refractivity contribution in [1.29, 1.82) is 0 Å². The number of phenols is 1. The summed E-state index contributed by atoms with van der Waals surface area (Å²) in [6.07, 6.45) is 0.650.